The normalized spacial score (nSPS) is 10.3. The molecule has 0 saturated heterocycles. The fourth-order valence-corrected chi connectivity index (χ4v) is 2.15. The summed E-state index contributed by atoms with van der Waals surface area (Å²) in [6.45, 7) is 0. The highest BCUT2D eigenvalue weighted by atomic mass is 79.9. The summed E-state index contributed by atoms with van der Waals surface area (Å²) in [7, 11) is 0. The zero-order valence-electron chi connectivity index (χ0n) is 10.8. The molecule has 0 saturated carbocycles. The van der Waals surface area contributed by atoms with Crippen LogP contribution in [0.3, 0.4) is 0 Å². The van der Waals surface area contributed by atoms with Crippen molar-refractivity contribution in [1.82, 2.24) is 4.98 Å². The zero-order valence-corrected chi connectivity index (χ0v) is 13.1. The fourth-order valence-electron chi connectivity index (χ4n) is 1.78. The molecule has 0 aliphatic carbocycles. The van der Waals surface area contributed by atoms with Gasteiger partial charge >= 0.3 is 0 Å². The van der Waals surface area contributed by atoms with Gasteiger partial charge in [0.25, 0.3) is 5.91 Å². The minimum absolute atomic E-state index is 0.216. The van der Waals surface area contributed by atoms with E-state index in [1.807, 2.05) is 24.3 Å². The Morgan fingerprint density at radius 3 is 2.85 bits per heavy atom. The Labute approximate surface area is 131 Å². The molecule has 0 bridgehead atoms. The Balaban J connectivity index is 2.05. The van der Waals surface area contributed by atoms with E-state index in [2.05, 4.69) is 26.2 Å². The van der Waals surface area contributed by atoms with Gasteiger partial charge in [0.05, 0.1) is 0 Å². The van der Waals surface area contributed by atoms with Crippen molar-refractivity contribution in [3.63, 3.8) is 0 Å². The van der Waals surface area contributed by atoms with E-state index in [9.17, 15) is 4.79 Å². The Kier molecular flexibility index (Phi) is 5.56. The van der Waals surface area contributed by atoms with Gasteiger partial charge in [0.2, 0.25) is 0 Å². The maximum Gasteiger partial charge on any atom is 0.274 e. The predicted molar refractivity (Wildman–Crippen MR) is 85.4 cm³/mol. The number of hydrogen-bond acceptors (Lipinski definition) is 2. The van der Waals surface area contributed by atoms with E-state index in [1.54, 1.807) is 18.3 Å². The summed E-state index contributed by atoms with van der Waals surface area (Å²) < 4.78 is 0.845. The van der Waals surface area contributed by atoms with Gasteiger partial charge in [0.1, 0.15) is 5.69 Å². The number of rotatable bonds is 5. The first-order valence-corrected chi connectivity index (χ1v) is 7.59. The highest BCUT2D eigenvalue weighted by Crippen LogP contribution is 2.14. The van der Waals surface area contributed by atoms with Gasteiger partial charge in [-0.15, -0.1) is 11.6 Å². The van der Waals surface area contributed by atoms with E-state index in [-0.39, 0.29) is 5.91 Å². The maximum absolute atomic E-state index is 12.0. The van der Waals surface area contributed by atoms with Crippen molar-refractivity contribution >= 4 is 39.1 Å². The number of anilines is 1. The largest absolute Gasteiger partial charge is 0.321 e. The molecule has 2 rings (SSSR count). The lowest BCUT2D eigenvalue weighted by Gasteiger charge is -2.07. The van der Waals surface area contributed by atoms with Crippen molar-refractivity contribution in [2.45, 2.75) is 12.8 Å². The standard InChI is InChI=1S/C15H14BrClN2O/c16-12-6-7-14(18-10-12)15(20)19-13-5-1-3-11(9-13)4-2-8-17/h1,3,5-7,9-10H,2,4,8H2,(H,19,20). The number of alkyl halides is 1. The van der Waals surface area contributed by atoms with Crippen LogP contribution in [-0.2, 0) is 6.42 Å². The zero-order chi connectivity index (χ0) is 14.4. The van der Waals surface area contributed by atoms with Crippen molar-refractivity contribution in [1.29, 1.82) is 0 Å². The summed E-state index contributed by atoms with van der Waals surface area (Å²) in [5.41, 5.74) is 2.32. The SMILES string of the molecule is O=C(Nc1cccc(CCCCl)c1)c1ccc(Br)cn1. The van der Waals surface area contributed by atoms with Crippen molar-refractivity contribution in [3.8, 4) is 0 Å². The smallest absolute Gasteiger partial charge is 0.274 e. The third-order valence-corrected chi connectivity index (χ3v) is 3.48. The van der Waals surface area contributed by atoms with E-state index in [0.29, 0.717) is 11.6 Å². The molecule has 0 radical (unpaired) electrons. The van der Waals surface area contributed by atoms with Gasteiger partial charge in [-0.1, -0.05) is 12.1 Å². The molecule has 0 aliphatic rings. The van der Waals surface area contributed by atoms with E-state index < -0.39 is 0 Å². The number of nitrogens with one attached hydrogen (secondary N) is 1. The third-order valence-electron chi connectivity index (χ3n) is 2.74. The van der Waals surface area contributed by atoms with Gasteiger partial charge in [-0.3, -0.25) is 4.79 Å². The lowest BCUT2D eigenvalue weighted by Crippen LogP contribution is -2.13. The lowest BCUT2D eigenvalue weighted by molar-refractivity contribution is 0.102. The van der Waals surface area contributed by atoms with Gasteiger partial charge in [0.15, 0.2) is 0 Å². The number of pyridine rings is 1. The van der Waals surface area contributed by atoms with Crippen LogP contribution in [0.5, 0.6) is 0 Å². The fraction of sp³-hybridized carbons (Fsp3) is 0.200. The quantitative estimate of drug-likeness (QED) is 0.816. The molecule has 104 valence electrons. The molecule has 1 aromatic heterocycles. The predicted octanol–water partition coefficient (Wildman–Crippen LogP) is 4.27. The van der Waals surface area contributed by atoms with Crippen LogP contribution in [0.25, 0.3) is 0 Å². The van der Waals surface area contributed by atoms with Crippen LogP contribution in [0.15, 0.2) is 47.1 Å². The average molecular weight is 354 g/mol. The first-order valence-electron chi connectivity index (χ1n) is 6.27. The molecule has 0 unspecified atom stereocenters. The summed E-state index contributed by atoms with van der Waals surface area (Å²) in [6, 6.07) is 11.2. The number of aromatic nitrogens is 1. The van der Waals surface area contributed by atoms with E-state index >= 15 is 0 Å². The lowest BCUT2D eigenvalue weighted by atomic mass is 10.1. The first kappa shape index (κ1) is 15.0. The summed E-state index contributed by atoms with van der Waals surface area (Å²) in [5, 5.41) is 2.84. The Bertz CT molecular complexity index is 587. The van der Waals surface area contributed by atoms with Gasteiger partial charge in [-0.25, -0.2) is 4.98 Å². The highest BCUT2D eigenvalue weighted by molar-refractivity contribution is 9.10. The molecule has 0 spiro atoms. The summed E-state index contributed by atoms with van der Waals surface area (Å²) in [5.74, 6) is 0.423. The number of halogens is 2. The second-order valence-corrected chi connectivity index (χ2v) is 5.60. The van der Waals surface area contributed by atoms with E-state index in [0.717, 1.165) is 28.6 Å². The molecule has 3 nitrogen and oxygen atoms in total. The van der Waals surface area contributed by atoms with Crippen molar-refractivity contribution in [3.05, 3.63) is 58.3 Å². The molecular formula is C15H14BrClN2O. The van der Waals surface area contributed by atoms with Crippen LogP contribution >= 0.6 is 27.5 Å². The highest BCUT2D eigenvalue weighted by Gasteiger charge is 2.07. The van der Waals surface area contributed by atoms with Gasteiger partial charge in [-0.2, -0.15) is 0 Å². The van der Waals surface area contributed by atoms with Crippen LogP contribution < -0.4 is 5.32 Å². The van der Waals surface area contributed by atoms with Crippen LogP contribution in [0, 0.1) is 0 Å². The van der Waals surface area contributed by atoms with Crippen molar-refractivity contribution in [2.24, 2.45) is 0 Å². The van der Waals surface area contributed by atoms with Crippen LogP contribution in [0.2, 0.25) is 0 Å². The summed E-state index contributed by atoms with van der Waals surface area (Å²) >= 11 is 8.98. The molecule has 20 heavy (non-hydrogen) atoms. The molecule has 1 amide bonds. The van der Waals surface area contributed by atoms with Crippen molar-refractivity contribution in [2.75, 3.05) is 11.2 Å². The average Bonchev–Trinajstić information content (AvgIpc) is 2.46. The number of carbonyl (C=O) groups is 1. The van der Waals surface area contributed by atoms with Crippen molar-refractivity contribution < 1.29 is 4.79 Å². The topological polar surface area (TPSA) is 42.0 Å². The first-order chi connectivity index (χ1) is 9.69. The Hall–Kier alpha value is -1.39. The molecule has 1 N–H and O–H groups in total. The van der Waals surface area contributed by atoms with Crippen LogP contribution in [-0.4, -0.2) is 16.8 Å². The van der Waals surface area contributed by atoms with Gasteiger partial charge in [0, 0.05) is 22.2 Å². The minimum atomic E-state index is -0.216. The number of aryl methyl sites for hydroxylation is 1. The minimum Gasteiger partial charge on any atom is -0.321 e. The molecule has 0 aliphatic heterocycles. The van der Waals surface area contributed by atoms with E-state index in [4.69, 9.17) is 11.6 Å². The molecular weight excluding hydrogens is 340 g/mol. The molecule has 1 heterocycles. The van der Waals surface area contributed by atoms with Gasteiger partial charge < -0.3 is 5.32 Å². The van der Waals surface area contributed by atoms with E-state index in [1.165, 1.54) is 0 Å². The number of carbonyl (C=O) groups excluding carboxylic acids is 1. The van der Waals surface area contributed by atoms with Crippen LogP contribution in [0.1, 0.15) is 22.5 Å². The summed E-state index contributed by atoms with van der Waals surface area (Å²) in [4.78, 5) is 16.1. The number of amides is 1. The second kappa shape index (κ2) is 7.41. The Morgan fingerprint density at radius 1 is 1.30 bits per heavy atom. The monoisotopic (exact) mass is 352 g/mol. The Morgan fingerprint density at radius 2 is 2.15 bits per heavy atom. The molecule has 1 aromatic carbocycles. The number of hydrogen-bond donors (Lipinski definition) is 1. The molecule has 2 aromatic rings. The molecule has 0 atom stereocenters. The molecule has 0 fully saturated rings. The van der Waals surface area contributed by atoms with Gasteiger partial charge in [-0.05, 0) is 58.6 Å². The third kappa shape index (κ3) is 4.32. The number of nitrogens with zero attached hydrogens (tertiary/aromatic N) is 1. The molecule has 5 heteroatoms. The maximum atomic E-state index is 12.0. The van der Waals surface area contributed by atoms with Crippen LogP contribution in [0.4, 0.5) is 5.69 Å². The number of benzene rings is 1. The summed E-state index contributed by atoms with van der Waals surface area (Å²) in [6.07, 6.45) is 3.43. The second-order valence-electron chi connectivity index (χ2n) is 4.31.